The predicted molar refractivity (Wildman–Crippen MR) is 116 cm³/mol. The lowest BCUT2D eigenvalue weighted by atomic mass is 10.2. The molecule has 0 aliphatic carbocycles. The van der Waals surface area contributed by atoms with Gasteiger partial charge < -0.3 is 10.6 Å². The fraction of sp³-hybridized carbons (Fsp3) is 0.190. The van der Waals surface area contributed by atoms with Crippen molar-refractivity contribution in [2.75, 3.05) is 16.0 Å². The minimum absolute atomic E-state index is 0.0542. The molecule has 2 N–H and O–H groups in total. The van der Waals surface area contributed by atoms with Crippen molar-refractivity contribution >= 4 is 51.9 Å². The van der Waals surface area contributed by atoms with E-state index in [2.05, 4.69) is 15.6 Å². The van der Waals surface area contributed by atoms with Gasteiger partial charge in [-0.2, -0.15) is 4.99 Å². The molecule has 0 bridgehead atoms. The van der Waals surface area contributed by atoms with E-state index in [1.807, 2.05) is 19.1 Å². The average molecular weight is 424 g/mol. The van der Waals surface area contributed by atoms with E-state index in [-0.39, 0.29) is 16.8 Å². The Morgan fingerprint density at radius 3 is 2.37 bits per heavy atom. The molecule has 0 aromatic heterocycles. The normalized spacial score (nSPS) is 16.1. The maximum atomic E-state index is 12.9. The standard InChI is InChI=1S/C21H20N4O4S/c1-13-8-10-15(11-9-13)23-17(27)12-30-21-24-19(28)18(22-14(2)26)20(29)25(21)16-6-4-3-5-7-16/h3-11,18H,12H2,1-2H3,(H,22,26)(H,23,27)/t18-/m0/s1. The summed E-state index contributed by atoms with van der Waals surface area (Å²) in [4.78, 5) is 54.2. The van der Waals surface area contributed by atoms with Gasteiger partial charge >= 0.3 is 0 Å². The molecule has 3 rings (SSSR count). The van der Waals surface area contributed by atoms with Gasteiger partial charge in [-0.05, 0) is 31.2 Å². The minimum atomic E-state index is -1.39. The van der Waals surface area contributed by atoms with E-state index >= 15 is 0 Å². The van der Waals surface area contributed by atoms with Crippen molar-refractivity contribution in [2.45, 2.75) is 19.9 Å². The van der Waals surface area contributed by atoms with E-state index in [9.17, 15) is 19.2 Å². The van der Waals surface area contributed by atoms with Crippen LogP contribution in [0.3, 0.4) is 0 Å². The fourth-order valence-corrected chi connectivity index (χ4v) is 3.55. The van der Waals surface area contributed by atoms with Gasteiger partial charge in [-0.25, -0.2) is 0 Å². The van der Waals surface area contributed by atoms with Gasteiger partial charge in [0.1, 0.15) is 0 Å². The molecular formula is C21H20N4O4S. The molecule has 1 aliphatic rings. The van der Waals surface area contributed by atoms with Crippen molar-refractivity contribution in [3.05, 3.63) is 60.2 Å². The molecule has 0 saturated carbocycles. The van der Waals surface area contributed by atoms with Crippen LogP contribution in [0.15, 0.2) is 59.6 Å². The van der Waals surface area contributed by atoms with Crippen LogP contribution in [-0.2, 0) is 19.2 Å². The molecule has 0 fully saturated rings. The summed E-state index contributed by atoms with van der Waals surface area (Å²) in [5.41, 5.74) is 2.20. The Balaban J connectivity index is 1.78. The Hall–Kier alpha value is -3.46. The maximum Gasteiger partial charge on any atom is 0.280 e. The number of hydrogen-bond acceptors (Lipinski definition) is 5. The second-order valence-electron chi connectivity index (χ2n) is 6.58. The maximum absolute atomic E-state index is 12.9. The van der Waals surface area contributed by atoms with Crippen LogP contribution in [0.5, 0.6) is 0 Å². The zero-order chi connectivity index (χ0) is 21.7. The second-order valence-corrected chi connectivity index (χ2v) is 7.52. The van der Waals surface area contributed by atoms with Crippen LogP contribution in [0.1, 0.15) is 12.5 Å². The van der Waals surface area contributed by atoms with Crippen molar-refractivity contribution < 1.29 is 19.2 Å². The number of aliphatic imine (C=N–C) groups is 1. The third-order valence-electron chi connectivity index (χ3n) is 4.14. The minimum Gasteiger partial charge on any atom is -0.337 e. The zero-order valence-electron chi connectivity index (χ0n) is 16.4. The molecule has 2 aromatic carbocycles. The van der Waals surface area contributed by atoms with Gasteiger partial charge in [-0.15, -0.1) is 0 Å². The largest absolute Gasteiger partial charge is 0.337 e. The van der Waals surface area contributed by atoms with Crippen LogP contribution in [0, 0.1) is 6.92 Å². The number of aryl methyl sites for hydroxylation is 1. The lowest BCUT2D eigenvalue weighted by Gasteiger charge is -2.30. The van der Waals surface area contributed by atoms with Gasteiger partial charge in [0.25, 0.3) is 11.8 Å². The smallest absolute Gasteiger partial charge is 0.280 e. The molecule has 154 valence electrons. The Morgan fingerprint density at radius 1 is 1.07 bits per heavy atom. The van der Waals surface area contributed by atoms with E-state index in [0.717, 1.165) is 17.3 Å². The van der Waals surface area contributed by atoms with E-state index in [4.69, 9.17) is 0 Å². The first kappa shape index (κ1) is 21.3. The third-order valence-corrected chi connectivity index (χ3v) is 5.08. The number of para-hydroxylation sites is 1. The first-order valence-electron chi connectivity index (χ1n) is 9.13. The quantitative estimate of drug-likeness (QED) is 0.715. The lowest BCUT2D eigenvalue weighted by molar-refractivity contribution is -0.133. The number of carbonyl (C=O) groups excluding carboxylic acids is 4. The number of benzene rings is 2. The molecule has 0 saturated heterocycles. The van der Waals surface area contributed by atoms with E-state index < -0.39 is 23.8 Å². The average Bonchev–Trinajstić information content (AvgIpc) is 2.71. The molecule has 0 unspecified atom stereocenters. The Labute approximate surface area is 177 Å². The summed E-state index contributed by atoms with van der Waals surface area (Å²) in [6, 6.07) is 14.6. The summed E-state index contributed by atoms with van der Waals surface area (Å²) in [6.07, 6.45) is 0. The van der Waals surface area contributed by atoms with Crippen LogP contribution in [-0.4, -0.2) is 40.6 Å². The molecule has 9 heteroatoms. The lowest BCUT2D eigenvalue weighted by Crippen LogP contribution is -2.57. The number of carbonyl (C=O) groups is 4. The van der Waals surface area contributed by atoms with E-state index in [1.165, 1.54) is 11.8 Å². The number of amidine groups is 1. The number of hydrogen-bond donors (Lipinski definition) is 2. The predicted octanol–water partition coefficient (Wildman–Crippen LogP) is 2.10. The molecule has 1 aliphatic heterocycles. The van der Waals surface area contributed by atoms with Crippen molar-refractivity contribution in [3.8, 4) is 0 Å². The van der Waals surface area contributed by atoms with Gasteiger partial charge in [-0.3, -0.25) is 24.1 Å². The molecule has 1 heterocycles. The highest BCUT2D eigenvalue weighted by Crippen LogP contribution is 2.24. The third kappa shape index (κ3) is 5.12. The monoisotopic (exact) mass is 424 g/mol. The van der Waals surface area contributed by atoms with Crippen molar-refractivity contribution in [1.82, 2.24) is 5.32 Å². The summed E-state index contributed by atoms with van der Waals surface area (Å²) >= 11 is 0.969. The highest BCUT2D eigenvalue weighted by molar-refractivity contribution is 8.14. The number of anilines is 2. The van der Waals surface area contributed by atoms with Gasteiger partial charge in [0, 0.05) is 12.6 Å². The van der Waals surface area contributed by atoms with Crippen molar-refractivity contribution in [2.24, 2.45) is 4.99 Å². The van der Waals surface area contributed by atoms with Gasteiger partial charge in [0.15, 0.2) is 11.2 Å². The molecule has 1 atom stereocenters. The number of amides is 4. The van der Waals surface area contributed by atoms with Crippen molar-refractivity contribution in [3.63, 3.8) is 0 Å². The van der Waals surface area contributed by atoms with Crippen LogP contribution in [0.25, 0.3) is 0 Å². The number of thioether (sulfide) groups is 1. The molecule has 8 nitrogen and oxygen atoms in total. The topological polar surface area (TPSA) is 108 Å². The summed E-state index contributed by atoms with van der Waals surface area (Å²) in [6.45, 7) is 3.17. The number of nitrogens with one attached hydrogen (secondary N) is 2. The molecular weight excluding hydrogens is 404 g/mol. The van der Waals surface area contributed by atoms with Gasteiger partial charge in [-0.1, -0.05) is 47.7 Å². The summed E-state index contributed by atoms with van der Waals surface area (Å²) in [7, 11) is 0. The molecule has 30 heavy (non-hydrogen) atoms. The summed E-state index contributed by atoms with van der Waals surface area (Å²) < 4.78 is 0. The second kappa shape index (κ2) is 9.36. The first-order valence-corrected chi connectivity index (χ1v) is 10.1. The summed E-state index contributed by atoms with van der Waals surface area (Å²) in [5.74, 6) is -2.27. The van der Waals surface area contributed by atoms with E-state index in [1.54, 1.807) is 42.5 Å². The van der Waals surface area contributed by atoms with Crippen molar-refractivity contribution in [1.29, 1.82) is 0 Å². The van der Waals surface area contributed by atoms with Gasteiger partial charge in [0.2, 0.25) is 11.8 Å². The SMILES string of the molecule is CC(=O)N[C@H]1C(=O)N=C(SCC(=O)Nc2ccc(C)cc2)N(c2ccccc2)C1=O. The fourth-order valence-electron chi connectivity index (χ4n) is 2.74. The Bertz CT molecular complexity index is 1010. The zero-order valence-corrected chi connectivity index (χ0v) is 17.2. The molecule has 0 spiro atoms. The molecule has 4 amide bonds. The number of rotatable bonds is 5. The van der Waals surface area contributed by atoms with Gasteiger partial charge in [0.05, 0.1) is 11.4 Å². The Morgan fingerprint density at radius 2 is 1.73 bits per heavy atom. The number of nitrogens with zero attached hydrogens (tertiary/aromatic N) is 2. The Kier molecular flexibility index (Phi) is 6.63. The van der Waals surface area contributed by atoms with Crippen LogP contribution in [0.2, 0.25) is 0 Å². The van der Waals surface area contributed by atoms with E-state index in [0.29, 0.717) is 11.4 Å². The molecule has 0 radical (unpaired) electrons. The highest BCUT2D eigenvalue weighted by Gasteiger charge is 2.39. The highest BCUT2D eigenvalue weighted by atomic mass is 32.2. The molecule has 2 aromatic rings. The van der Waals surface area contributed by atoms with Crippen LogP contribution < -0.4 is 15.5 Å². The van der Waals surface area contributed by atoms with Crippen LogP contribution >= 0.6 is 11.8 Å². The first-order chi connectivity index (χ1) is 14.3. The summed E-state index contributed by atoms with van der Waals surface area (Å²) in [5, 5.41) is 5.17. The van der Waals surface area contributed by atoms with Crippen LogP contribution in [0.4, 0.5) is 11.4 Å².